The zero-order valence-corrected chi connectivity index (χ0v) is 11.4. The molecule has 0 radical (unpaired) electrons. The van der Waals surface area contributed by atoms with Crippen LogP contribution in [-0.4, -0.2) is 28.3 Å². The molecule has 1 heterocycles. The second-order valence-electron chi connectivity index (χ2n) is 3.88. The van der Waals surface area contributed by atoms with Gasteiger partial charge in [-0.2, -0.15) is 5.10 Å². The van der Waals surface area contributed by atoms with Crippen LogP contribution in [0.4, 0.5) is 0 Å². The van der Waals surface area contributed by atoms with Crippen LogP contribution in [0.3, 0.4) is 0 Å². The normalized spacial score (nSPS) is 11.7. The Hall–Kier alpha value is -1.55. The maximum atomic E-state index is 11.1. The number of aliphatic hydroxyl groups excluding tert-OH is 1. The zero-order chi connectivity index (χ0) is 14.0. The van der Waals surface area contributed by atoms with E-state index in [0.717, 1.165) is 5.56 Å². The quantitative estimate of drug-likeness (QED) is 0.694. The first-order valence-corrected chi connectivity index (χ1v) is 7.24. The molecule has 0 spiro atoms. The Labute approximate surface area is 114 Å². The highest BCUT2D eigenvalue weighted by atomic mass is 32.2. The largest absolute Gasteiger partial charge is 0.388 e. The van der Waals surface area contributed by atoms with E-state index >= 15 is 0 Å². The van der Waals surface area contributed by atoms with E-state index in [-0.39, 0.29) is 11.5 Å². The number of nitrogens with two attached hydrogens (primary N) is 1. The van der Waals surface area contributed by atoms with Crippen LogP contribution in [0.15, 0.2) is 29.2 Å². The van der Waals surface area contributed by atoms with E-state index < -0.39 is 10.0 Å². The Balaban J connectivity index is 2.30. The maximum absolute atomic E-state index is 11.1. The van der Waals surface area contributed by atoms with Gasteiger partial charge in [0.1, 0.15) is 6.61 Å². The van der Waals surface area contributed by atoms with Crippen LogP contribution in [0.25, 0.3) is 0 Å². The molecule has 19 heavy (non-hydrogen) atoms. The molecule has 0 saturated heterocycles. The third-order valence-corrected chi connectivity index (χ3v) is 3.81. The fourth-order valence-corrected chi connectivity index (χ4v) is 2.33. The van der Waals surface area contributed by atoms with Gasteiger partial charge in [0.2, 0.25) is 10.0 Å². The smallest absolute Gasteiger partial charge is 0.238 e. The second-order valence-corrected chi connectivity index (χ2v) is 5.83. The number of benzene rings is 1. The van der Waals surface area contributed by atoms with Crippen molar-refractivity contribution in [3.05, 3.63) is 40.4 Å². The van der Waals surface area contributed by atoms with Crippen molar-refractivity contribution < 1.29 is 13.5 Å². The van der Waals surface area contributed by atoms with Gasteiger partial charge in [-0.3, -0.25) is 9.67 Å². The number of nitrogens with zero attached hydrogens (tertiary/aromatic N) is 2. The van der Waals surface area contributed by atoms with E-state index in [0.29, 0.717) is 17.1 Å². The number of aliphatic hydroxyl groups is 1. The van der Waals surface area contributed by atoms with Gasteiger partial charge >= 0.3 is 0 Å². The fraction of sp³-hybridized carbons (Fsp3) is 0.200. The van der Waals surface area contributed by atoms with Gasteiger partial charge in [-0.1, -0.05) is 12.1 Å². The molecule has 0 fully saturated rings. The maximum Gasteiger partial charge on any atom is 0.238 e. The minimum absolute atomic E-state index is 0.0504. The van der Waals surface area contributed by atoms with Gasteiger partial charge in [-0.05, 0) is 29.9 Å². The topological polar surface area (TPSA) is 114 Å². The molecule has 0 aliphatic rings. The van der Waals surface area contributed by atoms with Crippen molar-refractivity contribution in [1.29, 1.82) is 0 Å². The van der Waals surface area contributed by atoms with E-state index in [9.17, 15) is 8.42 Å². The molecule has 2 rings (SSSR count). The van der Waals surface area contributed by atoms with E-state index in [1.165, 1.54) is 12.1 Å². The summed E-state index contributed by atoms with van der Waals surface area (Å²) < 4.78 is 24.3. The monoisotopic (exact) mass is 300 g/mol. The molecule has 0 unspecified atom stereocenters. The molecule has 7 nitrogen and oxygen atoms in total. The highest BCUT2D eigenvalue weighted by Crippen LogP contribution is 2.11. The Morgan fingerprint density at radius 3 is 2.53 bits per heavy atom. The van der Waals surface area contributed by atoms with Crippen molar-refractivity contribution in [1.82, 2.24) is 14.8 Å². The van der Waals surface area contributed by atoms with E-state index in [2.05, 4.69) is 10.2 Å². The van der Waals surface area contributed by atoms with Gasteiger partial charge < -0.3 is 5.11 Å². The van der Waals surface area contributed by atoms with Crippen LogP contribution < -0.4 is 5.14 Å². The molecule has 0 aliphatic carbocycles. The molecule has 0 amide bonds. The van der Waals surface area contributed by atoms with E-state index in [1.54, 1.807) is 16.7 Å². The van der Waals surface area contributed by atoms with Crippen molar-refractivity contribution in [3.8, 4) is 0 Å². The van der Waals surface area contributed by atoms with Gasteiger partial charge in [0.25, 0.3) is 0 Å². The summed E-state index contributed by atoms with van der Waals surface area (Å²) in [6.45, 7) is 0.151. The average Bonchev–Trinajstić information content (AvgIpc) is 2.70. The van der Waals surface area contributed by atoms with Crippen LogP contribution in [0, 0.1) is 4.77 Å². The third kappa shape index (κ3) is 3.07. The lowest BCUT2D eigenvalue weighted by atomic mass is 10.2. The van der Waals surface area contributed by atoms with E-state index in [4.69, 9.17) is 22.5 Å². The molecular weight excluding hydrogens is 288 g/mol. The number of sulfonamides is 1. The average molecular weight is 300 g/mol. The predicted octanol–water partition coefficient (Wildman–Crippen LogP) is 0.129. The Morgan fingerprint density at radius 1 is 1.37 bits per heavy atom. The van der Waals surface area contributed by atoms with Gasteiger partial charge in [0.15, 0.2) is 10.6 Å². The number of H-pyrrole nitrogens is 1. The molecule has 2 aromatic rings. The number of primary sulfonamides is 1. The molecular formula is C10H12N4O3S2. The van der Waals surface area contributed by atoms with Crippen LogP contribution in [-0.2, 0) is 23.2 Å². The molecule has 0 aliphatic heterocycles. The number of hydrogen-bond donors (Lipinski definition) is 3. The summed E-state index contributed by atoms with van der Waals surface area (Å²) in [4.78, 5) is 0.0504. The predicted molar refractivity (Wildman–Crippen MR) is 70.3 cm³/mol. The minimum Gasteiger partial charge on any atom is -0.388 e. The van der Waals surface area contributed by atoms with E-state index in [1.807, 2.05) is 0 Å². The molecule has 4 N–H and O–H groups in total. The first-order valence-electron chi connectivity index (χ1n) is 5.28. The molecule has 0 atom stereocenters. The lowest BCUT2D eigenvalue weighted by Crippen LogP contribution is -2.12. The van der Waals surface area contributed by atoms with Crippen molar-refractivity contribution in [2.75, 3.05) is 0 Å². The molecule has 1 aromatic carbocycles. The second kappa shape index (κ2) is 5.21. The van der Waals surface area contributed by atoms with Gasteiger partial charge in [0.05, 0.1) is 11.4 Å². The number of rotatable bonds is 4. The highest BCUT2D eigenvalue weighted by molar-refractivity contribution is 7.89. The third-order valence-electron chi connectivity index (χ3n) is 2.57. The van der Waals surface area contributed by atoms with Crippen molar-refractivity contribution >= 4 is 22.2 Å². The summed E-state index contributed by atoms with van der Waals surface area (Å²) >= 11 is 5.04. The van der Waals surface area contributed by atoms with Crippen LogP contribution >= 0.6 is 12.2 Å². The summed E-state index contributed by atoms with van der Waals surface area (Å²) in [6.07, 6.45) is 0. The van der Waals surface area contributed by atoms with Gasteiger partial charge in [-0.25, -0.2) is 13.6 Å². The summed E-state index contributed by atoms with van der Waals surface area (Å²) in [5.74, 6) is 0.417. The highest BCUT2D eigenvalue weighted by Gasteiger charge is 2.09. The zero-order valence-electron chi connectivity index (χ0n) is 9.78. The summed E-state index contributed by atoms with van der Waals surface area (Å²) in [6, 6.07) is 6.12. The first kappa shape index (κ1) is 13.9. The lowest BCUT2D eigenvalue weighted by Gasteiger charge is -2.06. The van der Waals surface area contributed by atoms with Gasteiger partial charge in [0, 0.05) is 0 Å². The summed E-state index contributed by atoms with van der Waals surface area (Å²) in [5.41, 5.74) is 0.819. The fourth-order valence-electron chi connectivity index (χ4n) is 1.60. The van der Waals surface area contributed by atoms with Crippen LogP contribution in [0.2, 0.25) is 0 Å². The van der Waals surface area contributed by atoms with Crippen LogP contribution in [0.5, 0.6) is 0 Å². The molecule has 102 valence electrons. The molecule has 0 saturated carbocycles. The SMILES string of the molecule is NS(=O)(=O)c1ccc(Cn2c(CO)n[nH]c2=S)cc1. The Bertz CT molecular complexity index is 731. The first-order chi connectivity index (χ1) is 8.91. The lowest BCUT2D eigenvalue weighted by molar-refractivity contribution is 0.265. The van der Waals surface area contributed by atoms with Crippen molar-refractivity contribution in [2.45, 2.75) is 18.0 Å². The summed E-state index contributed by atoms with van der Waals surface area (Å²) in [5, 5.41) is 20.6. The number of aromatic nitrogens is 3. The molecule has 0 bridgehead atoms. The van der Waals surface area contributed by atoms with Crippen LogP contribution in [0.1, 0.15) is 11.4 Å². The Kier molecular flexibility index (Phi) is 3.80. The Morgan fingerprint density at radius 2 is 2.00 bits per heavy atom. The number of aromatic amines is 1. The van der Waals surface area contributed by atoms with Gasteiger partial charge in [-0.15, -0.1) is 0 Å². The standard InChI is InChI=1S/C10H12N4O3S2/c11-19(16,17)8-3-1-7(2-4-8)5-14-9(6-15)12-13-10(14)18/h1-4,15H,5-6H2,(H,13,18)(H2,11,16,17). The number of nitrogens with one attached hydrogen (secondary N) is 1. The molecule has 1 aromatic heterocycles. The van der Waals surface area contributed by atoms with Crippen molar-refractivity contribution in [3.63, 3.8) is 0 Å². The summed E-state index contributed by atoms with van der Waals surface area (Å²) in [7, 11) is -3.69. The minimum atomic E-state index is -3.69. The molecule has 9 heteroatoms. The van der Waals surface area contributed by atoms with Crippen molar-refractivity contribution in [2.24, 2.45) is 5.14 Å². The number of hydrogen-bond acceptors (Lipinski definition) is 5.